The molecule has 0 saturated heterocycles. The van der Waals surface area contributed by atoms with Gasteiger partial charge in [-0.15, -0.1) is 0 Å². The van der Waals surface area contributed by atoms with Crippen LogP contribution in [0, 0.1) is 0 Å². The highest BCUT2D eigenvalue weighted by Gasteiger charge is 2.20. The summed E-state index contributed by atoms with van der Waals surface area (Å²) in [5, 5.41) is 23.2. The summed E-state index contributed by atoms with van der Waals surface area (Å²) in [4.78, 5) is 24.4. The van der Waals surface area contributed by atoms with Gasteiger partial charge in [0.05, 0.1) is 25.4 Å². The highest BCUT2D eigenvalue weighted by Crippen LogP contribution is 2.16. The van der Waals surface area contributed by atoms with E-state index < -0.39 is 12.1 Å². The summed E-state index contributed by atoms with van der Waals surface area (Å²) in [6.07, 6.45) is 54.3. The number of hydrogen-bond donors (Lipinski definition) is 3. The van der Waals surface area contributed by atoms with Crippen molar-refractivity contribution >= 4 is 11.9 Å². The van der Waals surface area contributed by atoms with E-state index in [0.29, 0.717) is 25.9 Å². The number of hydrogen-bond acceptors (Lipinski definition) is 5. The van der Waals surface area contributed by atoms with Gasteiger partial charge in [0.15, 0.2) is 0 Å². The Kier molecular flexibility index (Phi) is 45.7. The smallest absolute Gasteiger partial charge is 0.305 e. The molecule has 0 aliphatic rings. The zero-order valence-electron chi connectivity index (χ0n) is 38.1. The van der Waals surface area contributed by atoms with E-state index in [2.05, 4.69) is 43.5 Å². The lowest BCUT2D eigenvalue weighted by molar-refractivity contribution is -0.143. The number of rotatable bonds is 46. The van der Waals surface area contributed by atoms with Crippen LogP contribution in [0.5, 0.6) is 0 Å². The van der Waals surface area contributed by atoms with Crippen LogP contribution in [0.1, 0.15) is 264 Å². The molecule has 0 aromatic rings. The third-order valence-electron chi connectivity index (χ3n) is 11.5. The van der Waals surface area contributed by atoms with Gasteiger partial charge in [-0.1, -0.05) is 218 Å². The van der Waals surface area contributed by atoms with Crippen molar-refractivity contribution in [2.75, 3.05) is 13.2 Å². The Labute approximate surface area is 354 Å². The number of unbranched alkanes of at least 4 members (excludes halogenated alkanes) is 32. The number of aliphatic hydroxyl groups excluding tert-OH is 2. The van der Waals surface area contributed by atoms with Gasteiger partial charge < -0.3 is 20.3 Å². The van der Waals surface area contributed by atoms with Gasteiger partial charge >= 0.3 is 5.97 Å². The molecule has 0 aliphatic carbocycles. The van der Waals surface area contributed by atoms with E-state index >= 15 is 0 Å². The summed E-state index contributed by atoms with van der Waals surface area (Å²) in [7, 11) is 0. The molecule has 0 radical (unpaired) electrons. The molecule has 1 amide bonds. The van der Waals surface area contributed by atoms with Crippen molar-refractivity contribution in [1.29, 1.82) is 0 Å². The summed E-state index contributed by atoms with van der Waals surface area (Å²) < 4.78 is 5.42. The van der Waals surface area contributed by atoms with Gasteiger partial charge in [0.25, 0.3) is 0 Å². The largest absolute Gasteiger partial charge is 0.466 e. The maximum absolute atomic E-state index is 12.4. The molecular formula is C51H97NO5. The van der Waals surface area contributed by atoms with Gasteiger partial charge in [0.1, 0.15) is 0 Å². The van der Waals surface area contributed by atoms with E-state index in [1.165, 1.54) is 154 Å². The summed E-state index contributed by atoms with van der Waals surface area (Å²) >= 11 is 0. The number of aliphatic hydroxyl groups is 2. The first kappa shape index (κ1) is 55.3. The van der Waals surface area contributed by atoms with Crippen molar-refractivity contribution in [3.63, 3.8) is 0 Å². The van der Waals surface area contributed by atoms with E-state index in [4.69, 9.17) is 4.74 Å². The minimum Gasteiger partial charge on any atom is -0.466 e. The predicted molar refractivity (Wildman–Crippen MR) is 246 cm³/mol. The first-order valence-corrected chi connectivity index (χ1v) is 25.1. The van der Waals surface area contributed by atoms with Crippen LogP contribution in [0.15, 0.2) is 24.3 Å². The SMILES string of the molecule is CCCCCCCCCCCCCCCCC(O)C(CO)NC(=O)CCCCCCCC/C=C\C=C/CCCCCOC(=O)CCCCCCCCCCCCC. The van der Waals surface area contributed by atoms with Gasteiger partial charge in [-0.25, -0.2) is 0 Å². The molecule has 0 spiro atoms. The molecule has 6 nitrogen and oxygen atoms in total. The zero-order valence-corrected chi connectivity index (χ0v) is 38.1. The van der Waals surface area contributed by atoms with Crippen LogP contribution in [-0.2, 0) is 14.3 Å². The molecule has 0 bridgehead atoms. The Morgan fingerprint density at radius 2 is 0.860 bits per heavy atom. The second kappa shape index (κ2) is 47.0. The van der Waals surface area contributed by atoms with Gasteiger partial charge in [0, 0.05) is 12.8 Å². The number of esters is 1. The fraction of sp³-hybridized carbons (Fsp3) is 0.882. The summed E-state index contributed by atoms with van der Waals surface area (Å²) in [5.74, 6) is -0.0797. The predicted octanol–water partition coefficient (Wildman–Crippen LogP) is 14.7. The molecule has 3 N–H and O–H groups in total. The van der Waals surface area contributed by atoms with Crippen molar-refractivity contribution in [3.05, 3.63) is 24.3 Å². The molecular weight excluding hydrogens is 707 g/mol. The highest BCUT2D eigenvalue weighted by atomic mass is 16.5. The number of allylic oxidation sites excluding steroid dienone is 4. The number of amides is 1. The van der Waals surface area contributed by atoms with Crippen molar-refractivity contribution in [2.45, 2.75) is 276 Å². The van der Waals surface area contributed by atoms with Crippen LogP contribution in [0.25, 0.3) is 0 Å². The Bertz CT molecular complexity index is 889. The van der Waals surface area contributed by atoms with Gasteiger partial charge in [-0.05, 0) is 57.8 Å². The Hall–Kier alpha value is -1.66. The van der Waals surface area contributed by atoms with E-state index in [0.717, 1.165) is 77.0 Å². The molecule has 2 atom stereocenters. The van der Waals surface area contributed by atoms with Crippen LogP contribution in [-0.4, -0.2) is 47.4 Å². The van der Waals surface area contributed by atoms with Crippen molar-refractivity contribution in [1.82, 2.24) is 5.32 Å². The minimum absolute atomic E-state index is 0.0222. The summed E-state index contributed by atoms with van der Waals surface area (Å²) in [6.45, 7) is 4.89. The van der Waals surface area contributed by atoms with Crippen LogP contribution in [0.2, 0.25) is 0 Å². The first-order chi connectivity index (χ1) is 28.0. The lowest BCUT2D eigenvalue weighted by atomic mass is 10.0. The Morgan fingerprint density at radius 1 is 0.491 bits per heavy atom. The average Bonchev–Trinajstić information content (AvgIpc) is 3.21. The molecule has 0 heterocycles. The average molecular weight is 804 g/mol. The fourth-order valence-electron chi connectivity index (χ4n) is 7.63. The third-order valence-corrected chi connectivity index (χ3v) is 11.5. The van der Waals surface area contributed by atoms with E-state index in [-0.39, 0.29) is 18.5 Å². The van der Waals surface area contributed by atoms with Crippen LogP contribution in [0.4, 0.5) is 0 Å². The van der Waals surface area contributed by atoms with Gasteiger partial charge in [0.2, 0.25) is 5.91 Å². The van der Waals surface area contributed by atoms with Crippen LogP contribution < -0.4 is 5.32 Å². The fourth-order valence-corrected chi connectivity index (χ4v) is 7.63. The summed E-state index contributed by atoms with van der Waals surface area (Å²) in [5.41, 5.74) is 0. The minimum atomic E-state index is -0.677. The molecule has 0 aliphatic heterocycles. The van der Waals surface area contributed by atoms with E-state index in [1.54, 1.807) is 0 Å². The highest BCUT2D eigenvalue weighted by molar-refractivity contribution is 5.76. The monoisotopic (exact) mass is 804 g/mol. The molecule has 0 fully saturated rings. The standard InChI is InChI=1S/C51H97NO5/c1-3-5-7-9-11-13-15-16-20-24-27-31-35-39-43-49(54)48(47-53)52-50(55)44-40-36-32-28-25-21-18-17-19-22-26-30-34-38-42-46-57-51(56)45-41-37-33-29-23-14-12-10-8-6-4-2/h17,19,22,26,48-49,53-54H,3-16,18,20-21,23-25,27-47H2,1-2H3,(H,52,55)/b19-17-,26-22-. The van der Waals surface area contributed by atoms with E-state index in [1.807, 2.05) is 0 Å². The number of nitrogens with one attached hydrogen (secondary N) is 1. The molecule has 2 unspecified atom stereocenters. The zero-order chi connectivity index (χ0) is 41.5. The Morgan fingerprint density at radius 3 is 1.30 bits per heavy atom. The second-order valence-corrected chi connectivity index (χ2v) is 17.2. The molecule has 0 aromatic heterocycles. The van der Waals surface area contributed by atoms with Gasteiger partial charge in [-0.3, -0.25) is 9.59 Å². The lowest BCUT2D eigenvalue weighted by Crippen LogP contribution is -2.45. The maximum Gasteiger partial charge on any atom is 0.305 e. The number of ether oxygens (including phenoxy) is 1. The summed E-state index contributed by atoms with van der Waals surface area (Å²) in [6, 6.07) is -0.556. The molecule has 0 rings (SSSR count). The van der Waals surface area contributed by atoms with Crippen molar-refractivity contribution in [3.8, 4) is 0 Å². The van der Waals surface area contributed by atoms with E-state index in [9.17, 15) is 19.8 Å². The topological polar surface area (TPSA) is 95.9 Å². The second-order valence-electron chi connectivity index (χ2n) is 17.2. The Balaban J connectivity index is 3.53. The van der Waals surface area contributed by atoms with Crippen molar-refractivity contribution < 1.29 is 24.5 Å². The van der Waals surface area contributed by atoms with Gasteiger partial charge in [-0.2, -0.15) is 0 Å². The quantitative estimate of drug-likeness (QED) is 0.0324. The third kappa shape index (κ3) is 43.7. The maximum atomic E-state index is 12.4. The van der Waals surface area contributed by atoms with Crippen molar-refractivity contribution in [2.24, 2.45) is 0 Å². The molecule has 6 heteroatoms. The lowest BCUT2D eigenvalue weighted by Gasteiger charge is -2.22. The molecule has 57 heavy (non-hydrogen) atoms. The molecule has 336 valence electrons. The number of carbonyl (C=O) groups is 2. The number of carbonyl (C=O) groups excluding carboxylic acids is 2. The normalized spacial score (nSPS) is 12.8. The van der Waals surface area contributed by atoms with Crippen LogP contribution >= 0.6 is 0 Å². The molecule has 0 aromatic carbocycles. The van der Waals surface area contributed by atoms with Crippen LogP contribution in [0.3, 0.4) is 0 Å². The molecule has 0 saturated carbocycles. The first-order valence-electron chi connectivity index (χ1n) is 25.1.